The molecule has 1 aliphatic carbocycles. The number of piperidine rings is 1. The van der Waals surface area contributed by atoms with Gasteiger partial charge in [0.25, 0.3) is 0 Å². The zero-order chi connectivity index (χ0) is 28.7. The van der Waals surface area contributed by atoms with E-state index in [1.165, 1.54) is 12.5 Å². The Kier molecular flexibility index (Phi) is 10.4. The lowest BCUT2D eigenvalue weighted by atomic mass is 9.56. The summed E-state index contributed by atoms with van der Waals surface area (Å²) >= 11 is 0. The number of aryl methyl sites for hydroxylation is 1. The molecule has 4 atom stereocenters. The fraction of sp³-hybridized carbons (Fsp3) is 0.588. The Balaban J connectivity index is 1.51. The van der Waals surface area contributed by atoms with Gasteiger partial charge in [-0.15, -0.1) is 0 Å². The number of aliphatic hydroxyl groups excluding tert-OH is 1. The maximum absolute atomic E-state index is 13.7. The number of unbranched alkanes of at least 4 members (excludes halogenated alkanes) is 2. The maximum atomic E-state index is 13.7. The third kappa shape index (κ3) is 7.52. The van der Waals surface area contributed by atoms with Crippen molar-refractivity contribution in [2.45, 2.75) is 89.7 Å². The fourth-order valence-corrected chi connectivity index (χ4v) is 7.04. The van der Waals surface area contributed by atoms with Crippen molar-refractivity contribution in [3.8, 4) is 5.75 Å². The van der Waals surface area contributed by atoms with Crippen LogP contribution in [0, 0.1) is 11.8 Å². The highest BCUT2D eigenvalue weighted by Gasteiger charge is 2.53. The maximum Gasteiger partial charge on any atom is 0.308 e. The Morgan fingerprint density at radius 3 is 2.60 bits per heavy atom. The number of benzene rings is 2. The second-order valence-corrected chi connectivity index (χ2v) is 12.5. The molecule has 40 heavy (non-hydrogen) atoms. The summed E-state index contributed by atoms with van der Waals surface area (Å²) in [5, 5.41) is 11.6. The van der Waals surface area contributed by atoms with E-state index in [9.17, 15) is 14.7 Å². The van der Waals surface area contributed by atoms with E-state index in [0.29, 0.717) is 31.1 Å². The molecule has 2 fully saturated rings. The molecule has 6 nitrogen and oxygen atoms in total. The third-order valence-electron chi connectivity index (χ3n) is 8.93. The van der Waals surface area contributed by atoms with E-state index in [4.69, 9.17) is 4.74 Å². The summed E-state index contributed by atoms with van der Waals surface area (Å²) in [6, 6.07) is 18.4. The molecule has 1 saturated heterocycles. The summed E-state index contributed by atoms with van der Waals surface area (Å²) in [5.74, 6) is 0.815. The van der Waals surface area contributed by atoms with Gasteiger partial charge in [-0.05, 0) is 81.3 Å². The van der Waals surface area contributed by atoms with E-state index in [2.05, 4.69) is 61.0 Å². The number of likely N-dealkylation sites (tertiary alicyclic amines) is 1. The van der Waals surface area contributed by atoms with Gasteiger partial charge in [0.05, 0.1) is 6.10 Å². The van der Waals surface area contributed by atoms with Crippen molar-refractivity contribution in [2.75, 3.05) is 26.7 Å². The molecule has 0 spiro atoms. The second-order valence-electron chi connectivity index (χ2n) is 12.5. The summed E-state index contributed by atoms with van der Waals surface area (Å²) in [4.78, 5) is 29.8. The smallest absolute Gasteiger partial charge is 0.308 e. The van der Waals surface area contributed by atoms with Gasteiger partial charge in [0.1, 0.15) is 5.75 Å². The molecule has 0 aromatic heterocycles. The van der Waals surface area contributed by atoms with Gasteiger partial charge in [0.15, 0.2) is 0 Å². The van der Waals surface area contributed by atoms with Crippen molar-refractivity contribution < 1.29 is 19.4 Å². The molecule has 2 aromatic carbocycles. The number of carbonyl (C=O) groups is 2. The number of esters is 1. The van der Waals surface area contributed by atoms with Crippen LogP contribution in [0.3, 0.4) is 0 Å². The normalized spacial score (nSPS) is 24.9. The van der Waals surface area contributed by atoms with E-state index in [0.717, 1.165) is 57.2 Å². The Morgan fingerprint density at radius 1 is 1.10 bits per heavy atom. The number of aliphatic hydroxyl groups is 1. The first-order valence-electron chi connectivity index (χ1n) is 15.2. The van der Waals surface area contributed by atoms with E-state index < -0.39 is 6.10 Å². The van der Waals surface area contributed by atoms with Gasteiger partial charge in [-0.1, -0.05) is 62.7 Å². The molecule has 1 amide bonds. The average Bonchev–Trinajstić information content (AvgIpc) is 2.92. The molecule has 2 aliphatic rings. The van der Waals surface area contributed by atoms with Crippen LogP contribution in [0.2, 0.25) is 0 Å². The van der Waals surface area contributed by atoms with Crippen LogP contribution in [0.15, 0.2) is 54.6 Å². The number of hydrogen-bond acceptors (Lipinski definition) is 5. The molecule has 6 heteroatoms. The quantitative estimate of drug-likeness (QED) is 0.225. The van der Waals surface area contributed by atoms with Crippen LogP contribution in [-0.4, -0.2) is 65.6 Å². The first kappa shape index (κ1) is 30.3. The van der Waals surface area contributed by atoms with Crippen LogP contribution in [0.5, 0.6) is 5.75 Å². The van der Waals surface area contributed by atoms with E-state index in [-0.39, 0.29) is 29.3 Å². The molecule has 1 unspecified atom stereocenters. The highest BCUT2D eigenvalue weighted by molar-refractivity contribution is 5.76. The largest absolute Gasteiger partial charge is 0.427 e. The van der Waals surface area contributed by atoms with Crippen molar-refractivity contribution in [1.29, 1.82) is 0 Å². The predicted octanol–water partition coefficient (Wildman–Crippen LogP) is 5.61. The van der Waals surface area contributed by atoms with E-state index >= 15 is 0 Å². The van der Waals surface area contributed by atoms with Crippen molar-refractivity contribution in [1.82, 2.24) is 9.80 Å². The zero-order valence-corrected chi connectivity index (χ0v) is 24.9. The predicted molar refractivity (Wildman–Crippen MR) is 159 cm³/mol. The Hall–Kier alpha value is -2.70. The second kappa shape index (κ2) is 13.8. The van der Waals surface area contributed by atoms with Gasteiger partial charge in [0, 0.05) is 43.8 Å². The van der Waals surface area contributed by atoms with Crippen molar-refractivity contribution in [3.05, 3.63) is 65.7 Å². The Bertz CT molecular complexity index is 1120. The highest BCUT2D eigenvalue weighted by atomic mass is 16.5. The molecule has 4 rings (SSSR count). The first-order valence-corrected chi connectivity index (χ1v) is 15.2. The first-order chi connectivity index (χ1) is 19.2. The summed E-state index contributed by atoms with van der Waals surface area (Å²) < 4.78 is 5.45. The van der Waals surface area contributed by atoms with Crippen LogP contribution >= 0.6 is 0 Å². The van der Waals surface area contributed by atoms with Crippen molar-refractivity contribution >= 4 is 11.9 Å². The molecule has 1 aliphatic heterocycles. The molecule has 1 saturated carbocycles. The van der Waals surface area contributed by atoms with Gasteiger partial charge in [-0.2, -0.15) is 0 Å². The molecule has 0 radical (unpaired) electrons. The molecular weight excluding hydrogens is 500 g/mol. The summed E-state index contributed by atoms with van der Waals surface area (Å²) in [6.07, 6.45) is 6.42. The van der Waals surface area contributed by atoms with Crippen LogP contribution < -0.4 is 4.74 Å². The molecule has 1 heterocycles. The number of nitrogens with zero attached hydrogens (tertiary/aromatic N) is 2. The lowest BCUT2D eigenvalue weighted by Crippen LogP contribution is -2.61. The number of rotatable bonds is 11. The van der Waals surface area contributed by atoms with Crippen LogP contribution in [-0.2, 0) is 21.4 Å². The summed E-state index contributed by atoms with van der Waals surface area (Å²) in [5.41, 5.74) is 2.17. The fourth-order valence-electron chi connectivity index (χ4n) is 7.04. The molecule has 1 N–H and O–H groups in total. The number of carbonyl (C=O) groups excluding carboxylic acids is 2. The van der Waals surface area contributed by atoms with Crippen molar-refractivity contribution in [3.63, 3.8) is 0 Å². The molecule has 2 aromatic rings. The highest BCUT2D eigenvalue weighted by Crippen LogP contribution is 2.50. The monoisotopic (exact) mass is 548 g/mol. The van der Waals surface area contributed by atoms with Gasteiger partial charge >= 0.3 is 5.97 Å². The zero-order valence-electron chi connectivity index (χ0n) is 24.9. The number of fused-ring (bicyclic) bond motifs is 1. The number of hydrogen-bond donors (Lipinski definition) is 1. The third-order valence-corrected chi connectivity index (χ3v) is 8.93. The standard InChI is InChI=1S/C34H48N2O4/c1-25(2)23-36(33(39)17-10-6-9-14-27-12-7-5-8-13-27)29-21-32(38)31-24-35(4)19-18-34(31,22-29)28-15-11-16-30(20-28)40-26(3)37/h5,7-8,11-13,15-16,20,25,29,31-32,38H,6,9-10,14,17-19,21-24H2,1-4H3/t29-,31+,32?,34+/m1/s1. The average molecular weight is 549 g/mol. The number of ether oxygens (including phenoxy) is 1. The van der Waals surface area contributed by atoms with Crippen LogP contribution in [0.1, 0.15) is 76.8 Å². The summed E-state index contributed by atoms with van der Waals surface area (Å²) in [6.45, 7) is 8.18. The van der Waals surface area contributed by atoms with Gasteiger partial charge in [-0.25, -0.2) is 0 Å². The minimum atomic E-state index is -0.507. The number of amides is 1. The molecule has 0 bridgehead atoms. The summed E-state index contributed by atoms with van der Waals surface area (Å²) in [7, 11) is 2.12. The van der Waals surface area contributed by atoms with E-state index in [1.54, 1.807) is 0 Å². The Morgan fingerprint density at radius 2 is 1.88 bits per heavy atom. The lowest BCUT2D eigenvalue weighted by molar-refractivity contribution is -0.139. The van der Waals surface area contributed by atoms with Gasteiger partial charge < -0.3 is 19.6 Å². The topological polar surface area (TPSA) is 70.1 Å². The minimum absolute atomic E-state index is 0.0220. The van der Waals surface area contributed by atoms with Gasteiger partial charge in [0.2, 0.25) is 5.91 Å². The molecular formula is C34H48N2O4. The SMILES string of the molecule is CC(=O)Oc1cccc([C@@]23CCN(C)C[C@H]2C(O)C[C@@H](N(CC(C)C)C(=O)CCCCCc2ccccc2)C3)c1. The van der Waals surface area contributed by atoms with Crippen LogP contribution in [0.25, 0.3) is 0 Å². The van der Waals surface area contributed by atoms with Gasteiger partial charge in [-0.3, -0.25) is 9.59 Å². The lowest BCUT2D eigenvalue weighted by Gasteiger charge is -2.56. The van der Waals surface area contributed by atoms with Crippen LogP contribution in [0.4, 0.5) is 0 Å². The minimum Gasteiger partial charge on any atom is -0.427 e. The van der Waals surface area contributed by atoms with Crippen molar-refractivity contribution in [2.24, 2.45) is 11.8 Å². The Labute approximate surface area is 240 Å². The molecule has 218 valence electrons. The van der Waals surface area contributed by atoms with E-state index in [1.807, 2.05) is 24.3 Å².